The van der Waals surface area contributed by atoms with Crippen LogP contribution in [0.4, 0.5) is 0 Å². The smallest absolute Gasteiger partial charge is 0.157 e. The highest BCUT2D eigenvalue weighted by molar-refractivity contribution is 6.48. The average molecular weight is 306 g/mol. The lowest BCUT2D eigenvalue weighted by molar-refractivity contribution is 0.669. The Kier molecular flexibility index (Phi) is 2.68. The maximum Gasteiger partial charge on any atom is 0.157 e. The summed E-state index contributed by atoms with van der Waals surface area (Å²) in [4.78, 5) is 0. The molecule has 0 N–H and O–H groups in total. The molecular weight excluding hydrogens is 302 g/mol. The van der Waals surface area contributed by atoms with Gasteiger partial charge in [-0.25, -0.2) is 0 Å². The highest BCUT2D eigenvalue weighted by Crippen LogP contribution is 2.42. The molecule has 5 heteroatoms. The quantitative estimate of drug-likeness (QED) is 0.451. The summed E-state index contributed by atoms with van der Waals surface area (Å²) in [5, 5.41) is 3.40. The largest absolute Gasteiger partial charge is 0.454 e. The molecule has 0 radical (unpaired) electrons. The zero-order chi connectivity index (χ0) is 12.2. The van der Waals surface area contributed by atoms with Crippen molar-refractivity contribution < 1.29 is 4.42 Å². The van der Waals surface area contributed by atoms with Crippen molar-refractivity contribution >= 4 is 68.3 Å². The molecule has 1 heterocycles. The van der Waals surface area contributed by atoms with Gasteiger partial charge in [0.1, 0.15) is 10.6 Å². The molecule has 0 amide bonds. The van der Waals surface area contributed by atoms with Crippen LogP contribution in [0.5, 0.6) is 0 Å². The molecule has 0 unspecified atom stereocenters. The molecule has 0 saturated heterocycles. The van der Waals surface area contributed by atoms with Crippen molar-refractivity contribution in [2.24, 2.45) is 0 Å². The van der Waals surface area contributed by atoms with E-state index in [0.717, 1.165) is 10.8 Å². The van der Waals surface area contributed by atoms with E-state index in [2.05, 4.69) is 0 Å². The predicted molar refractivity (Wildman–Crippen MR) is 73.8 cm³/mol. The number of hydrogen-bond donors (Lipinski definition) is 0. The molecule has 0 atom stereocenters. The first-order valence-corrected chi connectivity index (χ1v) is 6.24. The second kappa shape index (κ2) is 3.96. The highest BCUT2D eigenvalue weighted by atomic mass is 35.5. The minimum atomic E-state index is 0.360. The van der Waals surface area contributed by atoms with Gasteiger partial charge in [-0.1, -0.05) is 46.4 Å². The van der Waals surface area contributed by atoms with Gasteiger partial charge in [0, 0.05) is 15.8 Å². The van der Waals surface area contributed by atoms with Gasteiger partial charge in [-0.05, 0) is 24.3 Å². The zero-order valence-electron chi connectivity index (χ0n) is 8.23. The van der Waals surface area contributed by atoms with E-state index >= 15 is 0 Å². The lowest BCUT2D eigenvalue weighted by Crippen LogP contribution is -1.74. The van der Waals surface area contributed by atoms with Crippen molar-refractivity contribution in [1.29, 1.82) is 0 Å². The minimum absolute atomic E-state index is 0.360. The number of furan rings is 1. The Labute approximate surface area is 117 Å². The Morgan fingerprint density at radius 3 is 2.41 bits per heavy atom. The highest BCUT2D eigenvalue weighted by Gasteiger charge is 2.16. The van der Waals surface area contributed by atoms with Crippen LogP contribution in [0.3, 0.4) is 0 Å². The summed E-state index contributed by atoms with van der Waals surface area (Å²) in [6, 6.07) is 6.91. The van der Waals surface area contributed by atoms with Crippen LogP contribution < -0.4 is 0 Å². The molecule has 0 fully saturated rings. The maximum absolute atomic E-state index is 6.16. The molecule has 0 saturated carbocycles. The molecule has 3 rings (SSSR count). The van der Waals surface area contributed by atoms with Crippen molar-refractivity contribution in [3.8, 4) is 0 Å². The Morgan fingerprint density at radius 2 is 1.65 bits per heavy atom. The molecule has 3 aromatic rings. The average Bonchev–Trinajstić information content (AvgIpc) is 2.65. The van der Waals surface area contributed by atoms with E-state index in [1.807, 2.05) is 0 Å². The number of rotatable bonds is 0. The molecule has 1 nitrogen and oxygen atoms in total. The van der Waals surface area contributed by atoms with Crippen LogP contribution >= 0.6 is 46.4 Å². The molecule has 0 aliphatic carbocycles. The monoisotopic (exact) mass is 304 g/mol. The Morgan fingerprint density at radius 1 is 0.882 bits per heavy atom. The van der Waals surface area contributed by atoms with Gasteiger partial charge < -0.3 is 4.42 Å². The summed E-state index contributed by atoms with van der Waals surface area (Å²) in [7, 11) is 0. The number of fused-ring (bicyclic) bond motifs is 3. The molecule has 1 aromatic heterocycles. The van der Waals surface area contributed by atoms with Crippen molar-refractivity contribution in [2.45, 2.75) is 0 Å². The van der Waals surface area contributed by atoms with Gasteiger partial charge >= 0.3 is 0 Å². The molecule has 0 spiro atoms. The third-order valence-corrected chi connectivity index (χ3v) is 3.85. The van der Waals surface area contributed by atoms with E-state index in [0.29, 0.717) is 31.3 Å². The van der Waals surface area contributed by atoms with Crippen molar-refractivity contribution in [3.05, 3.63) is 44.4 Å². The van der Waals surface area contributed by atoms with Gasteiger partial charge in [-0.2, -0.15) is 0 Å². The van der Waals surface area contributed by atoms with Crippen LogP contribution in [0.1, 0.15) is 0 Å². The van der Waals surface area contributed by atoms with E-state index in [1.165, 1.54) is 0 Å². The maximum atomic E-state index is 6.16. The third-order valence-electron chi connectivity index (χ3n) is 2.55. The predicted octanol–water partition coefficient (Wildman–Crippen LogP) is 6.20. The Hall–Kier alpha value is -0.600. The second-order valence-corrected chi connectivity index (χ2v) is 5.23. The normalized spacial score (nSPS) is 11.5. The summed E-state index contributed by atoms with van der Waals surface area (Å²) in [6.07, 6.45) is 0. The fourth-order valence-corrected chi connectivity index (χ4v) is 2.72. The molecule has 2 aromatic carbocycles. The molecule has 17 heavy (non-hydrogen) atoms. The van der Waals surface area contributed by atoms with Crippen LogP contribution in [0.15, 0.2) is 28.7 Å². The first kappa shape index (κ1) is 11.5. The fourth-order valence-electron chi connectivity index (χ4n) is 1.82. The van der Waals surface area contributed by atoms with E-state index in [-0.39, 0.29) is 0 Å². The second-order valence-electron chi connectivity index (χ2n) is 3.60. The summed E-state index contributed by atoms with van der Waals surface area (Å²) in [5.41, 5.74) is 1.16. The Bertz CT molecular complexity index is 745. The van der Waals surface area contributed by atoms with E-state index < -0.39 is 0 Å². The van der Waals surface area contributed by atoms with Crippen molar-refractivity contribution in [1.82, 2.24) is 0 Å². The number of halogens is 4. The molecule has 0 aliphatic heterocycles. The summed E-state index contributed by atoms with van der Waals surface area (Å²) >= 11 is 24.2. The lowest BCUT2D eigenvalue weighted by atomic mass is 10.1. The van der Waals surface area contributed by atoms with Gasteiger partial charge in [0.15, 0.2) is 5.58 Å². The first-order valence-electron chi connectivity index (χ1n) is 4.73. The topological polar surface area (TPSA) is 13.1 Å². The van der Waals surface area contributed by atoms with E-state index in [4.69, 9.17) is 50.8 Å². The zero-order valence-corrected chi connectivity index (χ0v) is 11.3. The molecule has 0 aliphatic rings. The molecular formula is C12H4Cl4O. The molecule has 0 bridgehead atoms. The van der Waals surface area contributed by atoms with Crippen LogP contribution in [0.2, 0.25) is 20.1 Å². The fraction of sp³-hybridized carbons (Fsp3) is 0. The van der Waals surface area contributed by atoms with Gasteiger partial charge in [0.05, 0.1) is 10.0 Å². The Balaban J connectivity index is 2.61. The van der Waals surface area contributed by atoms with Crippen molar-refractivity contribution in [2.75, 3.05) is 0 Å². The van der Waals surface area contributed by atoms with E-state index in [1.54, 1.807) is 24.3 Å². The van der Waals surface area contributed by atoms with Gasteiger partial charge in [0.25, 0.3) is 0 Å². The first-order chi connectivity index (χ1) is 8.08. The lowest BCUT2D eigenvalue weighted by Gasteiger charge is -1.98. The third kappa shape index (κ3) is 1.69. The van der Waals surface area contributed by atoms with E-state index in [9.17, 15) is 0 Å². The number of hydrogen-bond acceptors (Lipinski definition) is 1. The standard InChI is InChI=1S/C12H4Cl4O/c13-5-1-2-9-6(3-5)10-7(14)4-8(15)11(16)12(10)17-9/h1-4H. The summed E-state index contributed by atoms with van der Waals surface area (Å²) in [5.74, 6) is 0. The van der Waals surface area contributed by atoms with Gasteiger partial charge in [-0.3, -0.25) is 0 Å². The summed E-state index contributed by atoms with van der Waals surface area (Å²) < 4.78 is 5.64. The number of benzene rings is 2. The minimum Gasteiger partial charge on any atom is -0.454 e. The van der Waals surface area contributed by atoms with Gasteiger partial charge in [-0.15, -0.1) is 0 Å². The van der Waals surface area contributed by atoms with Gasteiger partial charge in [0.2, 0.25) is 0 Å². The molecule has 86 valence electrons. The summed E-state index contributed by atoms with van der Waals surface area (Å²) in [6.45, 7) is 0. The van der Waals surface area contributed by atoms with Crippen molar-refractivity contribution in [3.63, 3.8) is 0 Å². The SMILES string of the molecule is Clc1ccc2oc3c(Cl)c(Cl)cc(Cl)c3c2c1. The van der Waals surface area contributed by atoms with Crippen LogP contribution in [0.25, 0.3) is 21.9 Å². The van der Waals surface area contributed by atoms with Crippen LogP contribution in [-0.4, -0.2) is 0 Å². The van der Waals surface area contributed by atoms with Crippen LogP contribution in [0, 0.1) is 0 Å². The van der Waals surface area contributed by atoms with Crippen LogP contribution in [-0.2, 0) is 0 Å².